The van der Waals surface area contributed by atoms with Gasteiger partial charge in [0.05, 0.1) is 29.9 Å². The van der Waals surface area contributed by atoms with Gasteiger partial charge in [-0.25, -0.2) is 18.4 Å². The smallest absolute Gasteiger partial charge is 0.254 e. The van der Waals surface area contributed by atoms with Gasteiger partial charge >= 0.3 is 0 Å². The van der Waals surface area contributed by atoms with Crippen molar-refractivity contribution in [2.24, 2.45) is 0 Å². The van der Waals surface area contributed by atoms with Gasteiger partial charge in [0.15, 0.2) is 15.7 Å². The minimum absolute atomic E-state index is 0.195. The van der Waals surface area contributed by atoms with Gasteiger partial charge in [0.1, 0.15) is 5.82 Å². The number of nitrogens with two attached hydrogens (primary N) is 1. The molecule has 2 aromatic rings. The van der Waals surface area contributed by atoms with E-state index in [2.05, 4.69) is 15.3 Å². The van der Waals surface area contributed by atoms with Crippen molar-refractivity contribution in [3.63, 3.8) is 0 Å². The largest absolute Gasteiger partial charge is 0.501 e. The Morgan fingerprint density at radius 3 is 2.63 bits per heavy atom. The number of carbonyl (C=O) groups is 1. The molecule has 2 heterocycles. The molecule has 0 fully saturated rings. The highest BCUT2D eigenvalue weighted by Gasteiger charge is 2.14. The molecule has 0 atom stereocenters. The SMILES string of the molecule is CS(=O)(=O)Cc1cc(N)nc(-c2ccc(NC(=O)C3=COCCC3)cc2)n1. The zero-order valence-corrected chi connectivity index (χ0v) is 15.6. The molecule has 0 unspecified atom stereocenters. The molecule has 3 N–H and O–H groups in total. The maximum atomic E-state index is 12.2. The molecule has 0 aliphatic carbocycles. The third-order valence-corrected chi connectivity index (χ3v) is 4.66. The van der Waals surface area contributed by atoms with Crippen LogP contribution in [-0.4, -0.2) is 37.2 Å². The van der Waals surface area contributed by atoms with E-state index in [4.69, 9.17) is 10.5 Å². The van der Waals surface area contributed by atoms with Crippen LogP contribution < -0.4 is 11.1 Å². The summed E-state index contributed by atoms with van der Waals surface area (Å²) in [5, 5.41) is 2.81. The molecule has 27 heavy (non-hydrogen) atoms. The van der Waals surface area contributed by atoms with Crippen LogP contribution in [0.25, 0.3) is 11.4 Å². The Hall–Kier alpha value is -2.94. The van der Waals surface area contributed by atoms with Crippen molar-refractivity contribution in [3.05, 3.63) is 47.9 Å². The Kier molecular flexibility index (Phi) is 5.41. The lowest BCUT2D eigenvalue weighted by molar-refractivity contribution is -0.113. The Balaban J connectivity index is 1.77. The number of anilines is 2. The fourth-order valence-electron chi connectivity index (χ4n) is 2.64. The standard InChI is InChI=1S/C18H20N4O4S/c1-27(24,25)11-15-9-16(19)22-17(20-15)12-4-6-14(7-5-12)21-18(23)13-3-2-8-26-10-13/h4-7,9-10H,2-3,8,11H2,1H3,(H,21,23)(H2,19,20,22). The van der Waals surface area contributed by atoms with Crippen LogP contribution in [0.5, 0.6) is 0 Å². The van der Waals surface area contributed by atoms with E-state index in [0.29, 0.717) is 41.4 Å². The maximum Gasteiger partial charge on any atom is 0.254 e. The van der Waals surface area contributed by atoms with E-state index in [-0.39, 0.29) is 17.5 Å². The Bertz CT molecular complexity index is 985. The summed E-state index contributed by atoms with van der Waals surface area (Å²) in [6.07, 6.45) is 4.14. The average molecular weight is 388 g/mol. The first-order chi connectivity index (χ1) is 12.8. The van der Waals surface area contributed by atoms with E-state index in [1.807, 2.05) is 0 Å². The van der Waals surface area contributed by atoms with Gasteiger partial charge in [0, 0.05) is 23.6 Å². The first kappa shape index (κ1) is 18.8. The molecule has 1 aliphatic rings. The molecule has 1 aromatic heterocycles. The number of ether oxygens (including phenoxy) is 1. The van der Waals surface area contributed by atoms with Crippen LogP contribution in [-0.2, 0) is 25.1 Å². The lowest BCUT2D eigenvalue weighted by atomic mass is 10.1. The number of carbonyl (C=O) groups excluding carboxylic acids is 1. The molecule has 142 valence electrons. The molecule has 3 rings (SSSR count). The summed E-state index contributed by atoms with van der Waals surface area (Å²) in [5.41, 5.74) is 8.00. The zero-order valence-electron chi connectivity index (χ0n) is 14.8. The van der Waals surface area contributed by atoms with Gasteiger partial charge in [-0.05, 0) is 37.1 Å². The quantitative estimate of drug-likeness (QED) is 0.801. The van der Waals surface area contributed by atoms with Crippen LogP contribution in [0.1, 0.15) is 18.5 Å². The molecule has 1 amide bonds. The molecule has 8 nitrogen and oxygen atoms in total. The molecule has 0 saturated heterocycles. The Labute approximate surface area is 157 Å². The summed E-state index contributed by atoms with van der Waals surface area (Å²) in [5.74, 6) is 0.117. The summed E-state index contributed by atoms with van der Waals surface area (Å²) < 4.78 is 28.1. The summed E-state index contributed by atoms with van der Waals surface area (Å²) in [6, 6.07) is 8.36. The number of nitrogens with zero attached hydrogens (tertiary/aromatic N) is 2. The number of hydrogen-bond acceptors (Lipinski definition) is 7. The molecule has 9 heteroatoms. The fourth-order valence-corrected chi connectivity index (χ4v) is 3.32. The van der Waals surface area contributed by atoms with E-state index >= 15 is 0 Å². The van der Waals surface area contributed by atoms with E-state index in [9.17, 15) is 13.2 Å². The van der Waals surface area contributed by atoms with Crippen LogP contribution in [0.15, 0.2) is 42.2 Å². The van der Waals surface area contributed by atoms with Crippen molar-refractivity contribution in [1.29, 1.82) is 0 Å². The van der Waals surface area contributed by atoms with Crippen molar-refractivity contribution >= 4 is 27.2 Å². The van der Waals surface area contributed by atoms with Crippen LogP contribution in [0.2, 0.25) is 0 Å². The van der Waals surface area contributed by atoms with Gasteiger partial charge in [-0.15, -0.1) is 0 Å². The lowest BCUT2D eigenvalue weighted by Crippen LogP contribution is -2.17. The molecule has 0 bridgehead atoms. The molecule has 1 aliphatic heterocycles. The summed E-state index contributed by atoms with van der Waals surface area (Å²) in [4.78, 5) is 20.6. The van der Waals surface area contributed by atoms with E-state index < -0.39 is 9.84 Å². The number of hydrogen-bond donors (Lipinski definition) is 2. The van der Waals surface area contributed by atoms with Crippen LogP contribution in [0.4, 0.5) is 11.5 Å². The highest BCUT2D eigenvalue weighted by Crippen LogP contribution is 2.21. The molecule has 0 saturated carbocycles. The Morgan fingerprint density at radius 1 is 1.26 bits per heavy atom. The van der Waals surface area contributed by atoms with Crippen molar-refractivity contribution < 1.29 is 17.9 Å². The molecule has 1 aromatic carbocycles. The van der Waals surface area contributed by atoms with Gasteiger partial charge in [0.2, 0.25) is 0 Å². The van der Waals surface area contributed by atoms with Crippen molar-refractivity contribution in [1.82, 2.24) is 9.97 Å². The van der Waals surface area contributed by atoms with E-state index in [1.54, 1.807) is 24.3 Å². The normalized spacial score (nSPS) is 14.2. The summed E-state index contributed by atoms with van der Waals surface area (Å²) in [7, 11) is -3.23. The molecular weight excluding hydrogens is 368 g/mol. The van der Waals surface area contributed by atoms with Crippen LogP contribution in [0.3, 0.4) is 0 Å². The average Bonchev–Trinajstić information content (AvgIpc) is 2.61. The number of aromatic nitrogens is 2. The highest BCUT2D eigenvalue weighted by molar-refractivity contribution is 7.89. The highest BCUT2D eigenvalue weighted by atomic mass is 32.2. The fraction of sp³-hybridized carbons (Fsp3) is 0.278. The number of nitrogens with one attached hydrogen (secondary N) is 1. The first-order valence-electron chi connectivity index (χ1n) is 8.34. The van der Waals surface area contributed by atoms with E-state index in [0.717, 1.165) is 12.7 Å². The second-order valence-electron chi connectivity index (χ2n) is 6.33. The van der Waals surface area contributed by atoms with Crippen molar-refractivity contribution in [2.75, 3.05) is 23.9 Å². The number of benzene rings is 1. The second kappa shape index (κ2) is 7.75. The van der Waals surface area contributed by atoms with E-state index in [1.165, 1.54) is 12.3 Å². The maximum absolute atomic E-state index is 12.2. The minimum Gasteiger partial charge on any atom is -0.501 e. The number of nitrogen functional groups attached to an aromatic ring is 1. The van der Waals surface area contributed by atoms with Gasteiger partial charge in [-0.1, -0.05) is 0 Å². The van der Waals surface area contributed by atoms with Gasteiger partial charge in [-0.3, -0.25) is 4.79 Å². The van der Waals surface area contributed by atoms with Gasteiger partial charge in [-0.2, -0.15) is 0 Å². The van der Waals surface area contributed by atoms with Crippen LogP contribution in [0, 0.1) is 0 Å². The Morgan fingerprint density at radius 2 is 2.00 bits per heavy atom. The predicted octanol–water partition coefficient (Wildman–Crippen LogP) is 1.90. The van der Waals surface area contributed by atoms with Crippen molar-refractivity contribution in [3.8, 4) is 11.4 Å². The third-order valence-electron chi connectivity index (χ3n) is 3.84. The molecule has 0 radical (unpaired) electrons. The minimum atomic E-state index is -3.23. The number of amides is 1. The zero-order chi connectivity index (χ0) is 19.4. The van der Waals surface area contributed by atoms with Gasteiger partial charge in [0.25, 0.3) is 5.91 Å². The third kappa shape index (κ3) is 5.27. The van der Waals surface area contributed by atoms with Crippen molar-refractivity contribution in [2.45, 2.75) is 18.6 Å². The molecule has 0 spiro atoms. The van der Waals surface area contributed by atoms with Crippen LogP contribution >= 0.6 is 0 Å². The van der Waals surface area contributed by atoms with Gasteiger partial charge < -0.3 is 15.8 Å². The predicted molar refractivity (Wildman–Crippen MR) is 102 cm³/mol. The second-order valence-corrected chi connectivity index (χ2v) is 8.47. The number of sulfone groups is 1. The summed E-state index contributed by atoms with van der Waals surface area (Å²) in [6.45, 7) is 0.632. The molecular formula is C18H20N4O4S. The lowest BCUT2D eigenvalue weighted by Gasteiger charge is -2.13. The topological polar surface area (TPSA) is 124 Å². The number of rotatable bonds is 5. The monoisotopic (exact) mass is 388 g/mol. The summed E-state index contributed by atoms with van der Waals surface area (Å²) >= 11 is 0. The first-order valence-corrected chi connectivity index (χ1v) is 10.4.